The molecule has 1 saturated carbocycles. The monoisotopic (exact) mass is 475 g/mol. The number of ether oxygens (including phenoxy) is 1. The fourth-order valence-corrected chi connectivity index (χ4v) is 7.33. The van der Waals surface area contributed by atoms with E-state index in [2.05, 4.69) is 64.8 Å². The summed E-state index contributed by atoms with van der Waals surface area (Å²) in [6, 6.07) is 7.40. The van der Waals surface area contributed by atoms with Crippen LogP contribution >= 0.6 is 0 Å². The molecule has 8 atom stereocenters. The van der Waals surface area contributed by atoms with E-state index < -0.39 is 0 Å². The number of piperazine rings is 1. The number of rotatable bonds is 6. The van der Waals surface area contributed by atoms with Crippen molar-refractivity contribution in [3.8, 4) is 11.9 Å². The second-order valence-electron chi connectivity index (χ2n) is 11.1. The number of hydrogen-bond acceptors (Lipinski definition) is 7. The minimum Gasteiger partial charge on any atom is -0.481 e. The summed E-state index contributed by atoms with van der Waals surface area (Å²) in [5.41, 5.74) is 2.54. The van der Waals surface area contributed by atoms with Gasteiger partial charge in [0.15, 0.2) is 0 Å². The minimum atomic E-state index is -0.184. The number of aromatic nitrogens is 3. The first-order chi connectivity index (χ1) is 16.8. The number of pyridine rings is 1. The number of piperidine rings is 1. The predicted molar refractivity (Wildman–Crippen MR) is 134 cm³/mol. The lowest BCUT2D eigenvalue weighted by atomic mass is 9.53. The molecule has 4 aliphatic rings. The molecule has 0 radical (unpaired) electrons. The summed E-state index contributed by atoms with van der Waals surface area (Å²) in [7, 11) is 1.64. The molecule has 6 rings (SSSR count). The predicted octanol–water partition coefficient (Wildman–Crippen LogP) is 3.67. The molecule has 4 unspecified atom stereocenters. The van der Waals surface area contributed by atoms with Crippen LogP contribution in [0.1, 0.15) is 56.9 Å². The van der Waals surface area contributed by atoms with Gasteiger partial charge in [-0.3, -0.25) is 14.9 Å². The highest BCUT2D eigenvalue weighted by Crippen LogP contribution is 2.56. The van der Waals surface area contributed by atoms with Crippen molar-refractivity contribution in [1.29, 1.82) is 10.7 Å². The Kier molecular flexibility index (Phi) is 6.18. The van der Waals surface area contributed by atoms with Gasteiger partial charge in [-0.2, -0.15) is 10.4 Å². The lowest BCUT2D eigenvalue weighted by Crippen LogP contribution is -2.74. The Hall–Kier alpha value is -2.76. The summed E-state index contributed by atoms with van der Waals surface area (Å²) >= 11 is 0. The van der Waals surface area contributed by atoms with E-state index in [1.165, 1.54) is 12.0 Å². The molecule has 1 aliphatic carbocycles. The van der Waals surface area contributed by atoms with Crippen LogP contribution in [0.15, 0.2) is 24.5 Å². The Morgan fingerprint density at radius 3 is 2.57 bits per heavy atom. The van der Waals surface area contributed by atoms with Gasteiger partial charge in [0.05, 0.1) is 24.6 Å². The zero-order chi connectivity index (χ0) is 24.9. The van der Waals surface area contributed by atoms with E-state index in [9.17, 15) is 5.26 Å². The van der Waals surface area contributed by atoms with Crippen LogP contribution in [0.3, 0.4) is 0 Å². The van der Waals surface area contributed by atoms with E-state index >= 15 is 0 Å². The zero-order valence-corrected chi connectivity index (χ0v) is 21.4. The van der Waals surface area contributed by atoms with E-state index in [1.807, 2.05) is 12.3 Å². The SMILES string of the molecule is COc1ccc(CN2C3CC2CN(C2(C)C(c4[nH]ncc4C#N)[C@H](C=N)[C@H](C)[C@@H](C)[C@@H]2C)C3)cn1. The maximum Gasteiger partial charge on any atom is 0.212 e. The molecule has 0 spiro atoms. The lowest BCUT2D eigenvalue weighted by Gasteiger charge is -2.65. The molecule has 0 aromatic carbocycles. The summed E-state index contributed by atoms with van der Waals surface area (Å²) < 4.78 is 5.21. The molecule has 8 nitrogen and oxygen atoms in total. The van der Waals surface area contributed by atoms with Crippen LogP contribution in [0.25, 0.3) is 0 Å². The zero-order valence-electron chi connectivity index (χ0n) is 21.4. The van der Waals surface area contributed by atoms with E-state index in [0.717, 1.165) is 25.3 Å². The number of fused-ring (bicyclic) bond motifs is 2. The first-order valence-electron chi connectivity index (χ1n) is 12.8. The van der Waals surface area contributed by atoms with Crippen molar-refractivity contribution in [3.63, 3.8) is 0 Å². The average molecular weight is 476 g/mol. The Labute approximate surface area is 208 Å². The summed E-state index contributed by atoms with van der Waals surface area (Å²) in [6.45, 7) is 12.3. The highest BCUT2D eigenvalue weighted by Gasteiger charge is 2.59. The van der Waals surface area contributed by atoms with Crippen molar-refractivity contribution in [1.82, 2.24) is 25.0 Å². The molecule has 2 bridgehead atoms. The minimum absolute atomic E-state index is 0.0232. The highest BCUT2D eigenvalue weighted by atomic mass is 16.5. The van der Waals surface area contributed by atoms with E-state index in [-0.39, 0.29) is 17.4 Å². The second kappa shape index (κ2) is 9.03. The fraction of sp³-hybridized carbons (Fsp3) is 0.630. The van der Waals surface area contributed by atoms with Gasteiger partial charge in [0, 0.05) is 61.4 Å². The average Bonchev–Trinajstić information content (AvgIpc) is 3.36. The largest absolute Gasteiger partial charge is 0.481 e. The summed E-state index contributed by atoms with van der Waals surface area (Å²) in [5, 5.41) is 25.6. The summed E-state index contributed by atoms with van der Waals surface area (Å²) in [6.07, 6.45) is 6.42. The van der Waals surface area contributed by atoms with Crippen LogP contribution in [0.4, 0.5) is 0 Å². The van der Waals surface area contributed by atoms with E-state index in [4.69, 9.17) is 10.1 Å². The first-order valence-corrected chi connectivity index (χ1v) is 12.8. The Morgan fingerprint density at radius 2 is 1.97 bits per heavy atom. The topological polar surface area (TPSA) is 105 Å². The molecule has 8 heteroatoms. The van der Waals surface area contributed by atoms with Crippen LogP contribution in [0.2, 0.25) is 0 Å². The number of H-pyrrole nitrogens is 1. The van der Waals surface area contributed by atoms with Crippen molar-refractivity contribution in [2.24, 2.45) is 23.7 Å². The van der Waals surface area contributed by atoms with Gasteiger partial charge in [-0.05, 0) is 42.9 Å². The Morgan fingerprint density at radius 1 is 1.23 bits per heavy atom. The molecule has 2 aromatic heterocycles. The van der Waals surface area contributed by atoms with Crippen molar-refractivity contribution in [2.45, 2.75) is 64.2 Å². The third-order valence-electron chi connectivity index (χ3n) is 9.85. The van der Waals surface area contributed by atoms with Crippen LogP contribution in [0, 0.1) is 40.4 Å². The molecule has 186 valence electrons. The number of hydrogen-bond donors (Lipinski definition) is 2. The number of aromatic amines is 1. The molecule has 3 aliphatic heterocycles. The van der Waals surface area contributed by atoms with Crippen LogP contribution in [0.5, 0.6) is 5.88 Å². The molecular formula is C27H37N7O. The molecule has 35 heavy (non-hydrogen) atoms. The van der Waals surface area contributed by atoms with Gasteiger partial charge in [-0.25, -0.2) is 4.98 Å². The quantitative estimate of drug-likeness (QED) is 0.618. The molecule has 2 aromatic rings. The van der Waals surface area contributed by atoms with Gasteiger partial charge < -0.3 is 10.1 Å². The van der Waals surface area contributed by atoms with E-state index in [0.29, 0.717) is 41.3 Å². The summed E-state index contributed by atoms with van der Waals surface area (Å²) in [4.78, 5) is 9.68. The standard InChI is InChI=1S/C27H37N7O/c1-16-17(2)23(10-29)25(26-20(9-28)12-31-32-26)27(4,18(16)3)33-14-21-8-22(15-33)34(21)13-19-6-7-24(35-5)30-11-19/h6-7,10-12,16-18,21-23,25,29H,8,13-15H2,1-5H3,(H,31,32)/t16-,17-,18+,21?,22?,23-,25?,27?/m1/s1. The maximum atomic E-state index is 9.82. The van der Waals surface area contributed by atoms with Gasteiger partial charge >= 0.3 is 0 Å². The van der Waals surface area contributed by atoms with Crippen LogP contribution in [-0.4, -0.2) is 69.0 Å². The third kappa shape index (κ3) is 3.68. The Bertz CT molecular complexity index is 1100. The molecule has 4 fully saturated rings. The van der Waals surface area contributed by atoms with Crippen LogP contribution < -0.4 is 4.74 Å². The molecule has 5 heterocycles. The smallest absolute Gasteiger partial charge is 0.212 e. The summed E-state index contributed by atoms with van der Waals surface area (Å²) in [5.74, 6) is 1.96. The van der Waals surface area contributed by atoms with Crippen molar-refractivity contribution >= 4 is 6.21 Å². The molecule has 2 N–H and O–H groups in total. The van der Waals surface area contributed by atoms with Crippen molar-refractivity contribution < 1.29 is 4.74 Å². The molecular weight excluding hydrogens is 438 g/mol. The van der Waals surface area contributed by atoms with Gasteiger partial charge in [0.2, 0.25) is 5.88 Å². The second-order valence-corrected chi connectivity index (χ2v) is 11.1. The lowest BCUT2D eigenvalue weighted by molar-refractivity contribution is -0.145. The number of nitrogens with zero attached hydrogens (tertiary/aromatic N) is 5. The van der Waals surface area contributed by atoms with E-state index in [1.54, 1.807) is 19.5 Å². The third-order valence-corrected chi connectivity index (χ3v) is 9.85. The normalized spacial score (nSPS) is 37.3. The van der Waals surface area contributed by atoms with Gasteiger partial charge in [0.25, 0.3) is 0 Å². The van der Waals surface area contributed by atoms with Crippen molar-refractivity contribution in [3.05, 3.63) is 41.3 Å². The first kappa shape index (κ1) is 24.0. The fourth-order valence-electron chi connectivity index (χ4n) is 7.33. The van der Waals surface area contributed by atoms with Gasteiger partial charge in [-0.15, -0.1) is 0 Å². The number of nitriles is 1. The Balaban J connectivity index is 1.43. The maximum absolute atomic E-state index is 9.82. The van der Waals surface area contributed by atoms with Gasteiger partial charge in [-0.1, -0.05) is 26.8 Å². The molecule has 0 amide bonds. The molecule has 3 saturated heterocycles. The number of methoxy groups -OCH3 is 1. The highest BCUT2D eigenvalue weighted by molar-refractivity contribution is 5.61. The van der Waals surface area contributed by atoms with Crippen LogP contribution in [-0.2, 0) is 6.54 Å². The van der Waals surface area contributed by atoms with Gasteiger partial charge in [0.1, 0.15) is 6.07 Å². The van der Waals surface area contributed by atoms with Crippen molar-refractivity contribution in [2.75, 3.05) is 20.2 Å². The number of nitrogens with one attached hydrogen (secondary N) is 2.